The maximum Gasteiger partial charge on any atom is 0.163 e. The molecule has 0 spiro atoms. The van der Waals surface area contributed by atoms with Crippen LogP contribution in [-0.2, 0) is 6.54 Å². The van der Waals surface area contributed by atoms with Crippen molar-refractivity contribution in [3.05, 3.63) is 72.3 Å². The summed E-state index contributed by atoms with van der Waals surface area (Å²) < 4.78 is 0. The molecule has 0 bridgehead atoms. The summed E-state index contributed by atoms with van der Waals surface area (Å²) in [7, 11) is 1.89. The lowest BCUT2D eigenvalue weighted by Gasteiger charge is -2.28. The van der Waals surface area contributed by atoms with Gasteiger partial charge in [0, 0.05) is 31.3 Å². The predicted molar refractivity (Wildman–Crippen MR) is 105 cm³/mol. The first-order chi connectivity index (χ1) is 12.2. The van der Waals surface area contributed by atoms with Crippen LogP contribution in [0.3, 0.4) is 0 Å². The Morgan fingerprint density at radius 3 is 2.16 bits per heavy atom. The smallest absolute Gasteiger partial charge is 0.163 e. The molecule has 0 radical (unpaired) electrons. The molecule has 0 amide bonds. The van der Waals surface area contributed by atoms with Crippen LogP contribution in [0.25, 0.3) is 11.4 Å². The van der Waals surface area contributed by atoms with Crippen LogP contribution < -0.4 is 10.2 Å². The van der Waals surface area contributed by atoms with Crippen LogP contribution in [0.15, 0.2) is 66.7 Å². The van der Waals surface area contributed by atoms with Gasteiger partial charge in [-0.15, -0.1) is 0 Å². The predicted octanol–water partition coefficient (Wildman–Crippen LogP) is 4.60. The van der Waals surface area contributed by atoms with Gasteiger partial charge < -0.3 is 10.2 Å². The Labute approximate surface area is 149 Å². The van der Waals surface area contributed by atoms with Crippen LogP contribution >= 0.6 is 0 Å². The monoisotopic (exact) mass is 332 g/mol. The second-order valence-corrected chi connectivity index (χ2v) is 6.26. The molecule has 1 aromatic heterocycles. The molecular weight excluding hydrogens is 308 g/mol. The van der Waals surface area contributed by atoms with E-state index in [9.17, 15) is 0 Å². The average molecular weight is 332 g/mol. The molecule has 3 aromatic rings. The van der Waals surface area contributed by atoms with Crippen molar-refractivity contribution in [2.75, 3.05) is 17.3 Å². The van der Waals surface area contributed by atoms with E-state index < -0.39 is 0 Å². The fourth-order valence-corrected chi connectivity index (χ4v) is 2.73. The number of hydrogen-bond acceptors (Lipinski definition) is 4. The van der Waals surface area contributed by atoms with E-state index in [0.717, 1.165) is 29.6 Å². The first kappa shape index (κ1) is 17.0. The van der Waals surface area contributed by atoms with Crippen molar-refractivity contribution in [3.8, 4) is 11.4 Å². The molecular formula is C21H24N4. The van der Waals surface area contributed by atoms with Gasteiger partial charge >= 0.3 is 0 Å². The molecule has 2 aromatic carbocycles. The highest BCUT2D eigenvalue weighted by atomic mass is 15.2. The zero-order valence-electron chi connectivity index (χ0n) is 15.0. The molecule has 0 atom stereocenters. The van der Waals surface area contributed by atoms with E-state index >= 15 is 0 Å². The van der Waals surface area contributed by atoms with Crippen molar-refractivity contribution in [2.45, 2.75) is 26.4 Å². The van der Waals surface area contributed by atoms with Crippen LogP contribution in [-0.4, -0.2) is 23.1 Å². The summed E-state index contributed by atoms with van der Waals surface area (Å²) in [6.07, 6.45) is 0. The van der Waals surface area contributed by atoms with E-state index in [1.807, 2.05) is 49.5 Å². The normalized spacial score (nSPS) is 10.7. The first-order valence-corrected chi connectivity index (χ1v) is 8.60. The fourth-order valence-electron chi connectivity index (χ4n) is 2.73. The Morgan fingerprint density at radius 1 is 0.920 bits per heavy atom. The molecule has 1 heterocycles. The van der Waals surface area contributed by atoms with Crippen LogP contribution in [0, 0.1) is 0 Å². The van der Waals surface area contributed by atoms with Crippen LogP contribution in [0.1, 0.15) is 19.4 Å². The Morgan fingerprint density at radius 2 is 1.56 bits per heavy atom. The highest BCUT2D eigenvalue weighted by molar-refractivity contribution is 5.61. The van der Waals surface area contributed by atoms with Gasteiger partial charge in [0.15, 0.2) is 5.82 Å². The molecule has 1 N–H and O–H groups in total. The summed E-state index contributed by atoms with van der Waals surface area (Å²) in [6.45, 7) is 5.19. The van der Waals surface area contributed by atoms with Gasteiger partial charge in [0.2, 0.25) is 0 Å². The third kappa shape index (κ3) is 4.15. The Hall–Kier alpha value is -2.88. The minimum atomic E-state index is 0.323. The van der Waals surface area contributed by atoms with Crippen molar-refractivity contribution < 1.29 is 0 Å². The van der Waals surface area contributed by atoms with E-state index in [1.165, 1.54) is 5.56 Å². The molecule has 25 heavy (non-hydrogen) atoms. The number of rotatable bonds is 6. The summed E-state index contributed by atoms with van der Waals surface area (Å²) in [5.74, 6) is 2.49. The molecule has 0 aliphatic heterocycles. The van der Waals surface area contributed by atoms with Crippen LogP contribution in [0.5, 0.6) is 0 Å². The van der Waals surface area contributed by atoms with E-state index in [-0.39, 0.29) is 0 Å². The second-order valence-electron chi connectivity index (χ2n) is 6.26. The Bertz CT molecular complexity index is 801. The molecule has 0 aliphatic rings. The van der Waals surface area contributed by atoms with Crippen LogP contribution in [0.2, 0.25) is 0 Å². The summed E-state index contributed by atoms with van der Waals surface area (Å²) in [6, 6.07) is 22.9. The topological polar surface area (TPSA) is 41.0 Å². The molecule has 4 nitrogen and oxygen atoms in total. The lowest BCUT2D eigenvalue weighted by Crippen LogP contribution is -2.31. The minimum Gasteiger partial charge on any atom is -0.373 e. The molecule has 0 saturated heterocycles. The number of benzene rings is 2. The number of anilines is 2. The Balaban J connectivity index is 2.00. The summed E-state index contributed by atoms with van der Waals surface area (Å²) in [5, 5.41) is 3.16. The van der Waals surface area contributed by atoms with Gasteiger partial charge in [-0.3, -0.25) is 0 Å². The quantitative estimate of drug-likeness (QED) is 0.716. The molecule has 0 fully saturated rings. The van der Waals surface area contributed by atoms with Crippen LogP contribution in [0.4, 0.5) is 11.6 Å². The highest BCUT2D eigenvalue weighted by Crippen LogP contribution is 2.25. The zero-order valence-corrected chi connectivity index (χ0v) is 15.0. The minimum absolute atomic E-state index is 0.323. The number of aromatic nitrogens is 2. The maximum atomic E-state index is 4.84. The second kappa shape index (κ2) is 7.79. The average Bonchev–Trinajstić information content (AvgIpc) is 2.67. The maximum absolute atomic E-state index is 4.84. The molecule has 0 aliphatic carbocycles. The molecule has 3 rings (SSSR count). The largest absolute Gasteiger partial charge is 0.373 e. The van der Waals surface area contributed by atoms with Gasteiger partial charge in [-0.05, 0) is 19.4 Å². The third-order valence-electron chi connectivity index (χ3n) is 4.11. The van der Waals surface area contributed by atoms with Gasteiger partial charge in [-0.25, -0.2) is 9.97 Å². The van der Waals surface area contributed by atoms with Crippen molar-refractivity contribution in [1.82, 2.24) is 9.97 Å². The van der Waals surface area contributed by atoms with Crippen molar-refractivity contribution in [1.29, 1.82) is 0 Å². The molecule has 128 valence electrons. The van der Waals surface area contributed by atoms with Gasteiger partial charge in [-0.2, -0.15) is 0 Å². The summed E-state index contributed by atoms with van der Waals surface area (Å²) in [5.41, 5.74) is 2.28. The Kier molecular flexibility index (Phi) is 5.29. The zero-order chi connectivity index (χ0) is 17.6. The van der Waals surface area contributed by atoms with E-state index in [2.05, 4.69) is 53.3 Å². The SMILES string of the molecule is CNc1cc(N(Cc2ccccc2)C(C)C)nc(-c2ccccc2)n1. The van der Waals surface area contributed by atoms with E-state index in [4.69, 9.17) is 4.98 Å². The van der Waals surface area contributed by atoms with Gasteiger partial charge in [0.1, 0.15) is 11.6 Å². The van der Waals surface area contributed by atoms with Gasteiger partial charge in [0.25, 0.3) is 0 Å². The van der Waals surface area contributed by atoms with E-state index in [0.29, 0.717) is 6.04 Å². The molecule has 0 unspecified atom stereocenters. The lowest BCUT2D eigenvalue weighted by molar-refractivity contribution is 0.672. The number of nitrogens with one attached hydrogen (secondary N) is 1. The highest BCUT2D eigenvalue weighted by Gasteiger charge is 2.16. The first-order valence-electron chi connectivity index (χ1n) is 8.60. The summed E-state index contributed by atoms with van der Waals surface area (Å²) in [4.78, 5) is 11.8. The number of nitrogens with zero attached hydrogens (tertiary/aromatic N) is 3. The van der Waals surface area contributed by atoms with Crippen molar-refractivity contribution in [2.24, 2.45) is 0 Å². The summed E-state index contributed by atoms with van der Waals surface area (Å²) >= 11 is 0. The molecule has 4 heteroatoms. The van der Waals surface area contributed by atoms with Gasteiger partial charge in [0.05, 0.1) is 0 Å². The van der Waals surface area contributed by atoms with E-state index in [1.54, 1.807) is 0 Å². The third-order valence-corrected chi connectivity index (χ3v) is 4.11. The number of hydrogen-bond donors (Lipinski definition) is 1. The van der Waals surface area contributed by atoms with Crippen molar-refractivity contribution in [3.63, 3.8) is 0 Å². The molecule has 0 saturated carbocycles. The lowest BCUT2D eigenvalue weighted by atomic mass is 10.2. The fraction of sp³-hybridized carbons (Fsp3) is 0.238. The van der Waals surface area contributed by atoms with Gasteiger partial charge in [-0.1, -0.05) is 60.7 Å². The van der Waals surface area contributed by atoms with Crippen molar-refractivity contribution >= 4 is 11.6 Å². The standard InChI is InChI=1S/C21H24N4/c1-16(2)25(15-17-10-6-4-7-11-17)20-14-19(22-3)23-21(24-20)18-12-8-5-9-13-18/h4-14,16H,15H2,1-3H3,(H,22,23,24).